The van der Waals surface area contributed by atoms with Crippen LogP contribution >= 0.6 is 0 Å². The molecule has 190 valence electrons. The molecule has 0 saturated heterocycles. The number of nitrogens with one attached hydrogen (secondary N) is 2. The molecular formula is C30H35N7. The van der Waals surface area contributed by atoms with E-state index in [1.165, 1.54) is 11.3 Å². The Morgan fingerprint density at radius 1 is 0.919 bits per heavy atom. The van der Waals surface area contributed by atoms with Crippen LogP contribution in [0.3, 0.4) is 0 Å². The highest BCUT2D eigenvalue weighted by Crippen LogP contribution is 2.36. The van der Waals surface area contributed by atoms with Crippen molar-refractivity contribution < 1.29 is 0 Å². The highest BCUT2D eigenvalue weighted by atomic mass is 15.5. The number of hydrogen-bond donors (Lipinski definition) is 2. The maximum absolute atomic E-state index is 9.08. The van der Waals surface area contributed by atoms with Gasteiger partial charge in [-0.25, -0.2) is 0 Å². The summed E-state index contributed by atoms with van der Waals surface area (Å²) in [6.07, 6.45) is 0.864. The van der Waals surface area contributed by atoms with E-state index < -0.39 is 0 Å². The average Bonchev–Trinajstić information content (AvgIpc) is 3.43. The van der Waals surface area contributed by atoms with E-state index in [2.05, 4.69) is 88.9 Å². The summed E-state index contributed by atoms with van der Waals surface area (Å²) in [4.78, 5) is 2.49. The molecule has 0 fully saturated rings. The second kappa shape index (κ2) is 12.2. The lowest BCUT2D eigenvalue weighted by molar-refractivity contribution is 0.553. The number of aromatic nitrogens is 4. The number of nitrogens with zero attached hydrogens (tertiary/aromatic N) is 5. The smallest absolute Gasteiger partial charge is 0.205 e. The Hall–Kier alpha value is -4.18. The fourth-order valence-electron chi connectivity index (χ4n) is 4.57. The molecule has 2 N–H and O–H groups in total. The first-order valence-electron chi connectivity index (χ1n) is 12.9. The minimum atomic E-state index is 0.545. The lowest BCUT2D eigenvalue weighted by Crippen LogP contribution is -2.32. The SMILES string of the molecule is CC(C)CN(CC(C)C)c1ccc(-c2ccccc2-c2nn[nH]n2)cc1NCCc1ccc(C#N)cc1. The van der Waals surface area contributed by atoms with Crippen LogP contribution in [0, 0.1) is 23.2 Å². The summed E-state index contributed by atoms with van der Waals surface area (Å²) in [7, 11) is 0. The molecule has 0 aliphatic carbocycles. The lowest BCUT2D eigenvalue weighted by Gasteiger charge is -2.31. The van der Waals surface area contributed by atoms with Crippen LogP contribution in [-0.2, 0) is 6.42 Å². The van der Waals surface area contributed by atoms with Gasteiger partial charge in [0.1, 0.15) is 0 Å². The van der Waals surface area contributed by atoms with Crippen LogP contribution in [-0.4, -0.2) is 40.3 Å². The lowest BCUT2D eigenvalue weighted by atomic mass is 9.97. The number of tetrazole rings is 1. The van der Waals surface area contributed by atoms with Gasteiger partial charge in [0.05, 0.1) is 23.0 Å². The van der Waals surface area contributed by atoms with Crippen LogP contribution in [0.5, 0.6) is 0 Å². The molecule has 0 saturated carbocycles. The van der Waals surface area contributed by atoms with E-state index in [-0.39, 0.29) is 0 Å². The maximum Gasteiger partial charge on any atom is 0.205 e. The number of aromatic amines is 1. The summed E-state index contributed by atoms with van der Waals surface area (Å²) in [6.45, 7) is 11.8. The number of benzene rings is 3. The molecule has 1 aromatic heterocycles. The summed E-state index contributed by atoms with van der Waals surface area (Å²) < 4.78 is 0. The van der Waals surface area contributed by atoms with Crippen LogP contribution in [0.4, 0.5) is 11.4 Å². The first-order chi connectivity index (χ1) is 17.9. The molecule has 0 amide bonds. The van der Waals surface area contributed by atoms with Gasteiger partial charge in [-0.1, -0.05) is 70.2 Å². The second-order valence-corrected chi connectivity index (χ2v) is 10.2. The Bertz CT molecular complexity index is 1310. The molecule has 1 heterocycles. The van der Waals surface area contributed by atoms with E-state index in [9.17, 15) is 0 Å². The average molecular weight is 494 g/mol. The Morgan fingerprint density at radius 2 is 1.62 bits per heavy atom. The van der Waals surface area contributed by atoms with E-state index in [4.69, 9.17) is 5.26 Å². The fraction of sp³-hybridized carbons (Fsp3) is 0.333. The van der Waals surface area contributed by atoms with Crippen molar-refractivity contribution >= 4 is 11.4 Å². The van der Waals surface area contributed by atoms with Gasteiger partial charge >= 0.3 is 0 Å². The molecule has 0 radical (unpaired) electrons. The third-order valence-corrected chi connectivity index (χ3v) is 6.14. The predicted octanol–water partition coefficient (Wildman–Crippen LogP) is 6.18. The van der Waals surface area contributed by atoms with Crippen LogP contribution in [0.1, 0.15) is 38.8 Å². The molecule has 4 aromatic rings. The van der Waals surface area contributed by atoms with Gasteiger partial charge in [-0.05, 0) is 64.4 Å². The Labute approximate surface area is 219 Å². The van der Waals surface area contributed by atoms with Crippen molar-refractivity contribution in [3.63, 3.8) is 0 Å². The van der Waals surface area contributed by atoms with Crippen molar-refractivity contribution in [1.29, 1.82) is 5.26 Å². The zero-order valence-corrected chi connectivity index (χ0v) is 22.1. The van der Waals surface area contributed by atoms with Crippen molar-refractivity contribution in [3.05, 3.63) is 77.9 Å². The van der Waals surface area contributed by atoms with Crippen LogP contribution in [0.15, 0.2) is 66.7 Å². The number of nitriles is 1. The molecule has 0 aliphatic heterocycles. The van der Waals surface area contributed by atoms with E-state index in [1.54, 1.807) is 0 Å². The van der Waals surface area contributed by atoms with Gasteiger partial charge in [0.2, 0.25) is 5.82 Å². The first-order valence-corrected chi connectivity index (χ1v) is 12.9. The molecule has 7 heteroatoms. The molecule has 0 spiro atoms. The summed E-state index contributed by atoms with van der Waals surface area (Å²) in [6, 6.07) is 24.8. The van der Waals surface area contributed by atoms with E-state index in [1.807, 2.05) is 42.5 Å². The Kier molecular flexibility index (Phi) is 8.52. The Morgan fingerprint density at radius 3 is 2.24 bits per heavy atom. The quantitative estimate of drug-likeness (QED) is 0.259. The molecule has 7 nitrogen and oxygen atoms in total. The van der Waals surface area contributed by atoms with Crippen LogP contribution in [0.2, 0.25) is 0 Å². The largest absolute Gasteiger partial charge is 0.383 e. The van der Waals surface area contributed by atoms with Crippen molar-refractivity contribution in [3.8, 4) is 28.6 Å². The number of rotatable bonds is 11. The van der Waals surface area contributed by atoms with Gasteiger partial charge in [0.25, 0.3) is 0 Å². The minimum Gasteiger partial charge on any atom is -0.383 e. The second-order valence-electron chi connectivity index (χ2n) is 10.2. The molecule has 0 bridgehead atoms. The molecule has 37 heavy (non-hydrogen) atoms. The standard InChI is InChI=1S/C30H35N7/c1-21(2)19-37(20-22(3)4)29-14-13-25(26-7-5-6-8-27(26)30-33-35-36-34-30)17-28(29)32-16-15-23-9-11-24(18-31)12-10-23/h5-14,17,21-22,32H,15-16,19-20H2,1-4H3,(H,33,34,35,36). The highest BCUT2D eigenvalue weighted by molar-refractivity contribution is 5.85. The number of hydrogen-bond acceptors (Lipinski definition) is 6. The summed E-state index contributed by atoms with van der Waals surface area (Å²) in [5.74, 6) is 1.67. The van der Waals surface area contributed by atoms with Gasteiger partial charge in [-0.15, -0.1) is 10.2 Å². The molecule has 4 rings (SSSR count). The third-order valence-electron chi connectivity index (χ3n) is 6.14. The van der Waals surface area contributed by atoms with Crippen molar-refractivity contribution in [2.45, 2.75) is 34.1 Å². The van der Waals surface area contributed by atoms with Crippen molar-refractivity contribution in [1.82, 2.24) is 20.6 Å². The van der Waals surface area contributed by atoms with Gasteiger partial charge < -0.3 is 10.2 Å². The third kappa shape index (κ3) is 6.73. The predicted molar refractivity (Wildman–Crippen MR) is 150 cm³/mol. The zero-order valence-electron chi connectivity index (χ0n) is 22.1. The van der Waals surface area contributed by atoms with Crippen LogP contribution in [0.25, 0.3) is 22.5 Å². The molecule has 0 atom stereocenters. The van der Waals surface area contributed by atoms with Gasteiger partial charge in [0, 0.05) is 25.2 Å². The van der Waals surface area contributed by atoms with Crippen molar-refractivity contribution in [2.75, 3.05) is 29.9 Å². The van der Waals surface area contributed by atoms with Gasteiger partial charge in [-0.3, -0.25) is 0 Å². The fourth-order valence-corrected chi connectivity index (χ4v) is 4.57. The molecule has 0 unspecified atom stereocenters. The minimum absolute atomic E-state index is 0.545. The van der Waals surface area contributed by atoms with Crippen molar-refractivity contribution in [2.24, 2.45) is 11.8 Å². The molecule has 0 aliphatic rings. The maximum atomic E-state index is 9.08. The molecule has 3 aromatic carbocycles. The first kappa shape index (κ1) is 25.9. The van der Waals surface area contributed by atoms with Gasteiger partial charge in [0.15, 0.2) is 0 Å². The van der Waals surface area contributed by atoms with Gasteiger partial charge in [-0.2, -0.15) is 10.5 Å². The highest BCUT2D eigenvalue weighted by Gasteiger charge is 2.17. The summed E-state index contributed by atoms with van der Waals surface area (Å²) in [5.41, 5.74) is 7.30. The topological polar surface area (TPSA) is 93.5 Å². The molecular weight excluding hydrogens is 458 g/mol. The van der Waals surface area contributed by atoms with E-state index in [0.717, 1.165) is 48.4 Å². The Balaban J connectivity index is 1.68. The monoisotopic (exact) mass is 493 g/mol. The van der Waals surface area contributed by atoms with E-state index in [0.29, 0.717) is 23.2 Å². The van der Waals surface area contributed by atoms with Crippen LogP contribution < -0.4 is 10.2 Å². The number of H-pyrrole nitrogens is 1. The normalized spacial score (nSPS) is 11.1. The summed E-state index contributed by atoms with van der Waals surface area (Å²) in [5, 5.41) is 27.5. The van der Waals surface area contributed by atoms with E-state index >= 15 is 0 Å². The number of anilines is 2. The zero-order chi connectivity index (χ0) is 26.2. The summed E-state index contributed by atoms with van der Waals surface area (Å²) >= 11 is 0.